The predicted molar refractivity (Wildman–Crippen MR) is 96.5 cm³/mol. The molecule has 0 bridgehead atoms. The fourth-order valence-electron chi connectivity index (χ4n) is 3.24. The molecule has 1 aliphatic rings. The summed E-state index contributed by atoms with van der Waals surface area (Å²) in [6.07, 6.45) is 1.62. The monoisotopic (exact) mass is 343 g/mol. The van der Waals surface area contributed by atoms with Gasteiger partial charge in [0, 0.05) is 44.5 Å². The van der Waals surface area contributed by atoms with Gasteiger partial charge in [-0.1, -0.05) is 30.3 Å². The third-order valence-corrected chi connectivity index (χ3v) is 4.93. The van der Waals surface area contributed by atoms with E-state index in [4.69, 9.17) is 4.74 Å². The van der Waals surface area contributed by atoms with Crippen molar-refractivity contribution in [2.24, 2.45) is 14.1 Å². The van der Waals surface area contributed by atoms with Crippen LogP contribution in [0.15, 0.2) is 46.1 Å². The molecule has 6 heteroatoms. The third kappa shape index (κ3) is 3.45. The Balaban J connectivity index is 1.89. The van der Waals surface area contributed by atoms with Crippen LogP contribution in [0, 0.1) is 0 Å². The Morgan fingerprint density at radius 2 is 1.84 bits per heavy atom. The summed E-state index contributed by atoms with van der Waals surface area (Å²) in [7, 11) is 3.19. The zero-order chi connectivity index (χ0) is 18.2. The Bertz CT molecular complexity index is 868. The van der Waals surface area contributed by atoms with Crippen LogP contribution in [0.25, 0.3) is 0 Å². The molecule has 0 unspecified atom stereocenters. The average molecular weight is 343 g/mol. The van der Waals surface area contributed by atoms with E-state index in [1.165, 1.54) is 11.6 Å². The zero-order valence-corrected chi connectivity index (χ0v) is 15.2. The van der Waals surface area contributed by atoms with Crippen molar-refractivity contribution in [3.63, 3.8) is 0 Å². The lowest BCUT2D eigenvalue weighted by Gasteiger charge is -2.45. The molecule has 1 saturated heterocycles. The van der Waals surface area contributed by atoms with Crippen LogP contribution in [-0.4, -0.2) is 32.7 Å². The van der Waals surface area contributed by atoms with Crippen LogP contribution < -0.4 is 11.2 Å². The van der Waals surface area contributed by atoms with Crippen molar-refractivity contribution in [1.82, 2.24) is 14.0 Å². The molecule has 6 nitrogen and oxygen atoms in total. The zero-order valence-electron chi connectivity index (χ0n) is 15.2. The van der Waals surface area contributed by atoms with Crippen LogP contribution in [0.1, 0.15) is 31.1 Å². The van der Waals surface area contributed by atoms with Crippen molar-refractivity contribution >= 4 is 0 Å². The van der Waals surface area contributed by atoms with Gasteiger partial charge in [0.1, 0.15) is 0 Å². The first-order chi connectivity index (χ1) is 11.8. The van der Waals surface area contributed by atoms with E-state index in [1.807, 2.05) is 18.2 Å². The summed E-state index contributed by atoms with van der Waals surface area (Å²) in [5, 5.41) is 0. The van der Waals surface area contributed by atoms with Crippen molar-refractivity contribution < 1.29 is 4.74 Å². The molecule has 0 amide bonds. The normalized spacial score (nSPS) is 20.6. The molecule has 1 fully saturated rings. The first-order valence-electron chi connectivity index (χ1n) is 8.47. The highest BCUT2D eigenvalue weighted by Crippen LogP contribution is 2.30. The summed E-state index contributed by atoms with van der Waals surface area (Å²) in [5.74, 6) is 0. The number of morpholine rings is 1. The summed E-state index contributed by atoms with van der Waals surface area (Å²) in [4.78, 5) is 26.6. The lowest BCUT2D eigenvalue weighted by molar-refractivity contribution is -0.104. The average Bonchev–Trinajstić information content (AvgIpc) is 2.60. The molecule has 2 aromatic rings. The maximum atomic E-state index is 12.5. The molecule has 134 valence electrons. The van der Waals surface area contributed by atoms with E-state index in [9.17, 15) is 9.59 Å². The van der Waals surface area contributed by atoms with E-state index in [-0.39, 0.29) is 22.9 Å². The van der Waals surface area contributed by atoms with E-state index in [1.54, 1.807) is 13.2 Å². The standard InChI is InChI=1S/C19H25N3O3/c1-19(2)13-25-16(14-8-6-5-7-9-14)12-22(19)11-15-10-20(3)18(24)21(4)17(15)23/h5-10,16H,11-13H2,1-4H3/t16-/m1/s1. The van der Waals surface area contributed by atoms with Gasteiger partial charge in [-0.25, -0.2) is 4.79 Å². The number of hydrogen-bond donors (Lipinski definition) is 0. The maximum absolute atomic E-state index is 12.5. The molecule has 1 atom stereocenters. The number of benzene rings is 1. The highest BCUT2D eigenvalue weighted by Gasteiger charge is 2.36. The van der Waals surface area contributed by atoms with Crippen LogP contribution in [0.2, 0.25) is 0 Å². The molecule has 25 heavy (non-hydrogen) atoms. The smallest absolute Gasteiger partial charge is 0.330 e. The molecule has 0 spiro atoms. The first kappa shape index (κ1) is 17.6. The minimum atomic E-state index is -0.308. The maximum Gasteiger partial charge on any atom is 0.330 e. The SMILES string of the molecule is Cn1cc(CN2C[C@H](c3ccccc3)OCC2(C)C)c(=O)n(C)c1=O. The van der Waals surface area contributed by atoms with Gasteiger partial charge in [-0.2, -0.15) is 0 Å². The van der Waals surface area contributed by atoms with Crippen molar-refractivity contribution in [3.05, 3.63) is 68.5 Å². The fourth-order valence-corrected chi connectivity index (χ4v) is 3.24. The Labute approximate surface area is 147 Å². The van der Waals surface area contributed by atoms with Crippen LogP contribution in [0.4, 0.5) is 0 Å². The second kappa shape index (κ2) is 6.61. The van der Waals surface area contributed by atoms with Gasteiger partial charge in [-0.05, 0) is 19.4 Å². The summed E-state index contributed by atoms with van der Waals surface area (Å²) < 4.78 is 8.69. The van der Waals surface area contributed by atoms with Gasteiger partial charge in [-0.3, -0.25) is 14.3 Å². The summed E-state index contributed by atoms with van der Waals surface area (Å²) in [6.45, 7) is 5.99. The van der Waals surface area contributed by atoms with Crippen molar-refractivity contribution in [2.75, 3.05) is 13.2 Å². The molecule has 2 heterocycles. The lowest BCUT2D eigenvalue weighted by atomic mass is 9.97. The fraction of sp³-hybridized carbons (Fsp3) is 0.474. The van der Waals surface area contributed by atoms with Gasteiger partial charge >= 0.3 is 5.69 Å². The van der Waals surface area contributed by atoms with Gasteiger partial charge in [-0.15, -0.1) is 0 Å². The Kier molecular flexibility index (Phi) is 4.67. The number of hydrogen-bond acceptors (Lipinski definition) is 4. The summed E-state index contributed by atoms with van der Waals surface area (Å²) in [5.41, 5.74) is 1.02. The van der Waals surface area contributed by atoms with Gasteiger partial charge < -0.3 is 9.30 Å². The van der Waals surface area contributed by atoms with Crippen LogP contribution in [0.5, 0.6) is 0 Å². The number of aryl methyl sites for hydroxylation is 1. The molecular weight excluding hydrogens is 318 g/mol. The number of aromatic nitrogens is 2. The second-order valence-electron chi connectivity index (χ2n) is 7.32. The first-order valence-corrected chi connectivity index (χ1v) is 8.47. The molecule has 0 aliphatic carbocycles. The predicted octanol–water partition coefficient (Wildman–Crippen LogP) is 1.44. The highest BCUT2D eigenvalue weighted by molar-refractivity contribution is 5.19. The van der Waals surface area contributed by atoms with Gasteiger partial charge in [0.2, 0.25) is 0 Å². The van der Waals surface area contributed by atoms with E-state index in [0.717, 1.165) is 10.1 Å². The van der Waals surface area contributed by atoms with E-state index in [0.29, 0.717) is 25.3 Å². The number of ether oxygens (including phenoxy) is 1. The van der Waals surface area contributed by atoms with Crippen molar-refractivity contribution in [2.45, 2.75) is 32.0 Å². The summed E-state index contributed by atoms with van der Waals surface area (Å²) >= 11 is 0. The molecule has 1 aliphatic heterocycles. The Morgan fingerprint density at radius 1 is 1.16 bits per heavy atom. The largest absolute Gasteiger partial charge is 0.370 e. The number of rotatable bonds is 3. The van der Waals surface area contributed by atoms with Crippen molar-refractivity contribution in [3.8, 4) is 0 Å². The minimum Gasteiger partial charge on any atom is -0.370 e. The molecule has 1 aromatic heterocycles. The van der Waals surface area contributed by atoms with Gasteiger partial charge in [0.05, 0.1) is 12.7 Å². The van der Waals surface area contributed by atoms with Crippen LogP contribution in [0.3, 0.4) is 0 Å². The minimum absolute atomic E-state index is 0.0226. The van der Waals surface area contributed by atoms with E-state index in [2.05, 4.69) is 30.9 Å². The van der Waals surface area contributed by atoms with Crippen molar-refractivity contribution in [1.29, 1.82) is 0 Å². The molecule has 3 rings (SSSR count). The lowest BCUT2D eigenvalue weighted by Crippen LogP contribution is -2.54. The third-order valence-electron chi connectivity index (χ3n) is 4.93. The molecule has 1 aromatic carbocycles. The van der Waals surface area contributed by atoms with Crippen LogP contribution in [-0.2, 0) is 25.4 Å². The van der Waals surface area contributed by atoms with Crippen LogP contribution >= 0.6 is 0 Å². The quantitative estimate of drug-likeness (QED) is 0.846. The summed E-state index contributed by atoms with van der Waals surface area (Å²) in [6, 6.07) is 10.1. The number of nitrogens with zero attached hydrogens (tertiary/aromatic N) is 3. The Hall–Kier alpha value is -2.18. The van der Waals surface area contributed by atoms with Gasteiger partial charge in [0.25, 0.3) is 5.56 Å². The second-order valence-corrected chi connectivity index (χ2v) is 7.32. The highest BCUT2D eigenvalue weighted by atomic mass is 16.5. The molecule has 0 N–H and O–H groups in total. The van der Waals surface area contributed by atoms with Gasteiger partial charge in [0.15, 0.2) is 0 Å². The topological polar surface area (TPSA) is 56.5 Å². The Morgan fingerprint density at radius 3 is 2.52 bits per heavy atom. The molecule has 0 radical (unpaired) electrons. The molecular formula is C19H25N3O3. The van der Waals surface area contributed by atoms with E-state index < -0.39 is 0 Å². The molecule has 0 saturated carbocycles. The van der Waals surface area contributed by atoms with E-state index >= 15 is 0 Å².